The maximum atomic E-state index is 12.2. The number of benzene rings is 3. The van der Waals surface area contributed by atoms with Gasteiger partial charge < -0.3 is 9.29 Å². The summed E-state index contributed by atoms with van der Waals surface area (Å²) in [4.78, 5) is 15.5. The second-order valence-corrected chi connectivity index (χ2v) is 8.64. The van der Waals surface area contributed by atoms with Crippen molar-refractivity contribution in [1.82, 2.24) is 0 Å². The number of methoxy groups -OCH3 is 1. The summed E-state index contributed by atoms with van der Waals surface area (Å²) in [6, 6.07) is 28.2. The summed E-state index contributed by atoms with van der Waals surface area (Å²) >= 11 is 0. The fourth-order valence-corrected chi connectivity index (χ4v) is 4.65. The third kappa shape index (κ3) is 6.72. The van der Waals surface area contributed by atoms with Gasteiger partial charge in [-0.1, -0.05) is 48.5 Å². The molecule has 6 nitrogen and oxygen atoms in total. The molecule has 0 aliphatic carbocycles. The van der Waals surface area contributed by atoms with Crippen molar-refractivity contribution in [2.75, 3.05) is 14.2 Å². The van der Waals surface area contributed by atoms with Crippen molar-refractivity contribution in [3.63, 3.8) is 0 Å². The average Bonchev–Trinajstić information content (AvgIpc) is 2.75. The summed E-state index contributed by atoms with van der Waals surface area (Å²) in [5, 5.41) is 0. The molecule has 152 valence electrons. The number of rotatable bonds is 5. The van der Waals surface area contributed by atoms with E-state index in [2.05, 4.69) is 28.4 Å². The third-order valence-electron chi connectivity index (χ3n) is 3.67. The molecule has 0 amide bonds. The lowest BCUT2D eigenvalue weighted by Gasteiger charge is -2.10. The van der Waals surface area contributed by atoms with Gasteiger partial charge in [0.15, 0.2) is 14.7 Å². The van der Waals surface area contributed by atoms with Gasteiger partial charge in [-0.15, -0.1) is 0 Å². The first kappa shape index (κ1) is 22.6. The van der Waals surface area contributed by atoms with Crippen molar-refractivity contribution < 1.29 is 26.7 Å². The minimum atomic E-state index is -4.41. The predicted octanol–water partition coefficient (Wildman–Crippen LogP) is 3.66. The minimum absolute atomic E-state index is 0.301. The highest BCUT2D eigenvalue weighted by Gasteiger charge is 2.32. The number of carbonyl (C=O) groups is 1. The first-order valence-corrected chi connectivity index (χ1v) is 11.0. The SMILES string of the molecule is COC(=O)c1ccccc1[S+](c1ccccc1)c1ccccc1.COS(=O)(=O)[O-]. The van der Waals surface area contributed by atoms with Crippen LogP contribution in [0.5, 0.6) is 0 Å². The lowest BCUT2D eigenvalue weighted by molar-refractivity contribution is 0.0596. The fourth-order valence-electron chi connectivity index (χ4n) is 2.43. The molecule has 0 fully saturated rings. The van der Waals surface area contributed by atoms with E-state index in [0.29, 0.717) is 5.56 Å². The molecular weight excluding hydrogens is 412 g/mol. The summed E-state index contributed by atoms with van der Waals surface area (Å²) in [6.07, 6.45) is 0. The van der Waals surface area contributed by atoms with Gasteiger partial charge in [0.25, 0.3) is 0 Å². The summed E-state index contributed by atoms with van der Waals surface area (Å²) in [6.45, 7) is 0. The van der Waals surface area contributed by atoms with Crippen LogP contribution in [0.15, 0.2) is 99.6 Å². The van der Waals surface area contributed by atoms with Gasteiger partial charge in [0.05, 0.1) is 14.2 Å². The van der Waals surface area contributed by atoms with Gasteiger partial charge in [-0.25, -0.2) is 13.2 Å². The summed E-state index contributed by atoms with van der Waals surface area (Å²) in [5.74, 6) is -0.301. The van der Waals surface area contributed by atoms with Crippen molar-refractivity contribution >= 4 is 27.3 Å². The molecule has 3 aromatic carbocycles. The van der Waals surface area contributed by atoms with Crippen LogP contribution in [0, 0.1) is 0 Å². The Hall–Kier alpha value is -2.65. The fraction of sp³-hybridized carbons (Fsp3) is 0.0952. The number of hydrogen-bond acceptors (Lipinski definition) is 6. The quantitative estimate of drug-likeness (QED) is 0.264. The Morgan fingerprint density at radius 1 is 0.793 bits per heavy atom. The van der Waals surface area contributed by atoms with E-state index < -0.39 is 10.4 Å². The van der Waals surface area contributed by atoms with E-state index in [9.17, 15) is 17.8 Å². The molecule has 0 aliphatic rings. The van der Waals surface area contributed by atoms with Gasteiger partial charge in [-0.2, -0.15) is 0 Å². The molecule has 0 aromatic heterocycles. The van der Waals surface area contributed by atoms with Crippen LogP contribution >= 0.6 is 0 Å². The van der Waals surface area contributed by atoms with Crippen molar-refractivity contribution in [3.8, 4) is 0 Å². The van der Waals surface area contributed by atoms with Crippen LogP contribution in [-0.4, -0.2) is 33.2 Å². The lowest BCUT2D eigenvalue weighted by Crippen LogP contribution is -2.12. The van der Waals surface area contributed by atoms with E-state index >= 15 is 0 Å². The van der Waals surface area contributed by atoms with Crippen LogP contribution in [0.3, 0.4) is 0 Å². The van der Waals surface area contributed by atoms with E-state index in [1.807, 2.05) is 60.7 Å². The van der Waals surface area contributed by atoms with Crippen molar-refractivity contribution in [2.24, 2.45) is 0 Å². The smallest absolute Gasteiger partial charge is 0.343 e. The zero-order chi connectivity index (χ0) is 21.3. The van der Waals surface area contributed by atoms with Crippen LogP contribution in [-0.2, 0) is 30.2 Å². The standard InChI is InChI=1S/C20H17O2S.CH4O4S/c1-22-20(21)18-14-8-9-15-19(18)23(16-10-4-2-5-11-16)17-12-6-3-7-13-17;1-5-6(2,3)4/h2-15H,1H3;1H3,(H,2,3,4)/q+1;/p-1. The molecule has 0 atom stereocenters. The second-order valence-electron chi connectivity index (χ2n) is 5.49. The number of carbonyl (C=O) groups excluding carboxylic acids is 1. The lowest BCUT2D eigenvalue weighted by atomic mass is 10.2. The number of ether oxygens (including phenoxy) is 1. The zero-order valence-electron chi connectivity index (χ0n) is 15.8. The third-order valence-corrected chi connectivity index (χ3v) is 6.37. The highest BCUT2D eigenvalue weighted by atomic mass is 32.3. The molecule has 8 heteroatoms. The van der Waals surface area contributed by atoms with E-state index in [1.54, 1.807) is 0 Å². The Bertz CT molecular complexity index is 982. The zero-order valence-corrected chi connectivity index (χ0v) is 17.5. The van der Waals surface area contributed by atoms with Gasteiger partial charge in [0.2, 0.25) is 10.4 Å². The molecular formula is C21H20O6S2. The molecule has 3 rings (SSSR count). The van der Waals surface area contributed by atoms with Crippen LogP contribution in [0.2, 0.25) is 0 Å². The number of esters is 1. The first-order valence-electron chi connectivity index (χ1n) is 8.40. The largest absolute Gasteiger partial charge is 0.726 e. The van der Waals surface area contributed by atoms with E-state index in [1.165, 1.54) is 16.9 Å². The van der Waals surface area contributed by atoms with Crippen LogP contribution < -0.4 is 0 Å². The Balaban J connectivity index is 0.000000438. The van der Waals surface area contributed by atoms with Crippen LogP contribution in [0.25, 0.3) is 0 Å². The van der Waals surface area contributed by atoms with Gasteiger partial charge >= 0.3 is 5.97 Å². The Labute approximate surface area is 173 Å². The second kappa shape index (κ2) is 10.8. The summed E-state index contributed by atoms with van der Waals surface area (Å²) < 4.78 is 36.0. The monoisotopic (exact) mass is 432 g/mol. The topological polar surface area (TPSA) is 92.7 Å². The Morgan fingerprint density at radius 2 is 1.21 bits per heavy atom. The van der Waals surface area contributed by atoms with Crippen molar-refractivity contribution in [3.05, 3.63) is 90.5 Å². The van der Waals surface area contributed by atoms with Crippen LogP contribution in [0.1, 0.15) is 10.4 Å². The van der Waals surface area contributed by atoms with E-state index in [4.69, 9.17) is 4.74 Å². The molecule has 3 aromatic rings. The maximum Gasteiger partial charge on any atom is 0.343 e. The van der Waals surface area contributed by atoms with Gasteiger partial charge in [0.1, 0.15) is 16.5 Å². The van der Waals surface area contributed by atoms with Crippen molar-refractivity contribution in [2.45, 2.75) is 14.7 Å². The van der Waals surface area contributed by atoms with Gasteiger partial charge in [-0.05, 0) is 36.4 Å². The molecule has 0 N–H and O–H groups in total. The van der Waals surface area contributed by atoms with E-state index in [0.717, 1.165) is 12.0 Å². The molecule has 0 bridgehead atoms. The highest BCUT2D eigenvalue weighted by molar-refractivity contribution is 7.97. The minimum Gasteiger partial charge on any atom is -0.726 e. The highest BCUT2D eigenvalue weighted by Crippen LogP contribution is 2.33. The predicted molar refractivity (Wildman–Crippen MR) is 110 cm³/mol. The summed E-state index contributed by atoms with van der Waals surface area (Å²) in [7, 11) is -2.53. The van der Waals surface area contributed by atoms with Crippen molar-refractivity contribution in [1.29, 1.82) is 0 Å². The molecule has 0 saturated heterocycles. The molecule has 0 unspecified atom stereocenters. The Kier molecular flexibility index (Phi) is 8.41. The first-order chi connectivity index (χ1) is 13.9. The summed E-state index contributed by atoms with van der Waals surface area (Å²) in [5.41, 5.74) is 0.617. The molecule has 0 spiro atoms. The van der Waals surface area contributed by atoms with Gasteiger partial charge in [0, 0.05) is 0 Å². The normalized spacial score (nSPS) is 10.8. The average molecular weight is 433 g/mol. The van der Waals surface area contributed by atoms with E-state index in [-0.39, 0.29) is 16.9 Å². The molecule has 0 saturated carbocycles. The molecule has 0 radical (unpaired) electrons. The van der Waals surface area contributed by atoms with Crippen LogP contribution in [0.4, 0.5) is 0 Å². The molecule has 0 heterocycles. The molecule has 0 aliphatic heterocycles. The maximum absolute atomic E-state index is 12.2. The van der Waals surface area contributed by atoms with Gasteiger partial charge in [-0.3, -0.25) is 4.18 Å². The molecule has 29 heavy (non-hydrogen) atoms. The Morgan fingerprint density at radius 3 is 1.62 bits per heavy atom. The number of hydrogen-bond donors (Lipinski definition) is 0.